The zero-order valence-corrected chi connectivity index (χ0v) is 11.5. The second-order valence-electron chi connectivity index (χ2n) is 5.23. The Labute approximate surface area is 110 Å². The number of nitrogens with one attached hydrogen (secondary N) is 2. The molecule has 2 atom stereocenters. The highest BCUT2D eigenvalue weighted by atomic mass is 19.4. The molecule has 1 unspecified atom stereocenters. The third-order valence-corrected chi connectivity index (χ3v) is 2.01. The molecule has 114 valence electrons. The van der Waals surface area contributed by atoms with Crippen LogP contribution in [0.1, 0.15) is 27.7 Å². The Balaban J connectivity index is 4.12. The van der Waals surface area contributed by atoms with E-state index < -0.39 is 36.6 Å². The molecule has 0 radical (unpaired) electrons. The molecule has 0 aliphatic carbocycles. The van der Waals surface area contributed by atoms with Crippen LogP contribution >= 0.6 is 0 Å². The predicted octanol–water partition coefficient (Wildman–Crippen LogP) is 1.41. The molecular weight excluding hydrogens is 265 g/mol. The fourth-order valence-electron chi connectivity index (χ4n) is 1.16. The van der Waals surface area contributed by atoms with Crippen LogP contribution in [0.4, 0.5) is 18.0 Å². The zero-order valence-electron chi connectivity index (χ0n) is 11.5. The Morgan fingerprint density at radius 2 is 1.84 bits per heavy atom. The number of halogens is 3. The molecule has 0 bridgehead atoms. The number of alkyl halides is 3. The molecule has 0 aromatic carbocycles. The van der Waals surface area contributed by atoms with Crippen molar-refractivity contribution in [2.75, 3.05) is 13.2 Å². The van der Waals surface area contributed by atoms with Crippen molar-refractivity contribution in [2.45, 2.75) is 51.6 Å². The van der Waals surface area contributed by atoms with Gasteiger partial charge in [0.2, 0.25) is 0 Å². The number of rotatable bonds is 5. The van der Waals surface area contributed by atoms with E-state index in [2.05, 4.69) is 10.6 Å². The molecule has 1 amide bonds. The van der Waals surface area contributed by atoms with Gasteiger partial charge in [0, 0.05) is 12.6 Å². The van der Waals surface area contributed by atoms with E-state index in [0.717, 1.165) is 0 Å². The van der Waals surface area contributed by atoms with E-state index in [4.69, 9.17) is 9.84 Å². The van der Waals surface area contributed by atoms with Crippen LogP contribution in [0.3, 0.4) is 0 Å². The predicted molar refractivity (Wildman–Crippen MR) is 63.8 cm³/mol. The van der Waals surface area contributed by atoms with Crippen molar-refractivity contribution in [2.24, 2.45) is 0 Å². The second kappa shape index (κ2) is 6.95. The molecule has 3 N–H and O–H groups in total. The molecule has 0 aliphatic heterocycles. The Morgan fingerprint density at radius 1 is 1.32 bits per heavy atom. The van der Waals surface area contributed by atoms with E-state index >= 15 is 0 Å². The molecule has 0 aromatic heterocycles. The largest absolute Gasteiger partial charge is 0.444 e. The molecule has 5 nitrogen and oxygen atoms in total. The van der Waals surface area contributed by atoms with Crippen LogP contribution in [0.2, 0.25) is 0 Å². The van der Waals surface area contributed by atoms with Gasteiger partial charge in [-0.3, -0.25) is 0 Å². The van der Waals surface area contributed by atoms with Gasteiger partial charge < -0.3 is 20.5 Å². The third kappa shape index (κ3) is 8.66. The highest BCUT2D eigenvalue weighted by molar-refractivity contribution is 5.68. The topological polar surface area (TPSA) is 70.6 Å². The fraction of sp³-hybridized carbons (Fsp3) is 0.909. The van der Waals surface area contributed by atoms with Crippen molar-refractivity contribution in [3.8, 4) is 0 Å². The highest BCUT2D eigenvalue weighted by Crippen LogP contribution is 2.19. The van der Waals surface area contributed by atoms with Crippen molar-refractivity contribution >= 4 is 6.09 Å². The summed E-state index contributed by atoms with van der Waals surface area (Å²) in [6.45, 7) is 5.39. The number of aliphatic hydroxyl groups is 1. The van der Waals surface area contributed by atoms with E-state index in [1.54, 1.807) is 20.8 Å². The van der Waals surface area contributed by atoms with Gasteiger partial charge in [0.15, 0.2) is 0 Å². The first-order valence-corrected chi connectivity index (χ1v) is 5.86. The number of carbonyl (C=O) groups is 1. The van der Waals surface area contributed by atoms with Gasteiger partial charge in [-0.2, -0.15) is 13.2 Å². The van der Waals surface area contributed by atoms with E-state index in [1.165, 1.54) is 6.92 Å². The summed E-state index contributed by atoms with van der Waals surface area (Å²) < 4.78 is 41.9. The van der Waals surface area contributed by atoms with Crippen molar-refractivity contribution in [3.63, 3.8) is 0 Å². The summed E-state index contributed by atoms with van der Waals surface area (Å²) in [6, 6.07) is -2.57. The summed E-state index contributed by atoms with van der Waals surface area (Å²) in [5.41, 5.74) is -0.670. The standard InChI is InChI=1S/C11H21F3N2O3/c1-7(16-9(18)19-10(2,3)4)5-15-8(6-17)11(12,13)14/h7-8,15,17H,5-6H2,1-4H3,(H,16,18)/t7-,8?/m0/s1. The summed E-state index contributed by atoms with van der Waals surface area (Å²) in [5.74, 6) is 0. The van der Waals surface area contributed by atoms with E-state index in [1.807, 2.05) is 0 Å². The lowest BCUT2D eigenvalue weighted by Gasteiger charge is -2.24. The Kier molecular flexibility index (Phi) is 6.58. The van der Waals surface area contributed by atoms with Crippen LogP contribution < -0.4 is 10.6 Å². The normalized spacial score (nSPS) is 15.8. The minimum atomic E-state index is -4.53. The first-order valence-electron chi connectivity index (χ1n) is 5.86. The maximum atomic E-state index is 12.3. The molecule has 0 saturated carbocycles. The van der Waals surface area contributed by atoms with E-state index in [9.17, 15) is 18.0 Å². The van der Waals surface area contributed by atoms with Gasteiger partial charge in [-0.1, -0.05) is 0 Å². The SMILES string of the molecule is C[C@@H](CNC(CO)C(F)(F)F)NC(=O)OC(C)(C)C. The van der Waals surface area contributed by atoms with Gasteiger partial charge in [0.25, 0.3) is 0 Å². The van der Waals surface area contributed by atoms with Crippen LogP contribution in [-0.2, 0) is 4.74 Å². The monoisotopic (exact) mass is 286 g/mol. The van der Waals surface area contributed by atoms with Gasteiger partial charge in [0.05, 0.1) is 6.61 Å². The molecule has 0 rings (SSSR count). The van der Waals surface area contributed by atoms with E-state index in [0.29, 0.717) is 0 Å². The van der Waals surface area contributed by atoms with Gasteiger partial charge >= 0.3 is 12.3 Å². The molecule has 19 heavy (non-hydrogen) atoms. The lowest BCUT2D eigenvalue weighted by Crippen LogP contribution is -2.50. The van der Waals surface area contributed by atoms with Crippen LogP contribution in [0.5, 0.6) is 0 Å². The number of hydrogen-bond donors (Lipinski definition) is 3. The van der Waals surface area contributed by atoms with Crippen LogP contribution in [-0.4, -0.2) is 48.2 Å². The molecular formula is C11H21F3N2O3. The number of ether oxygens (including phenoxy) is 1. The summed E-state index contributed by atoms with van der Waals surface area (Å²) in [7, 11) is 0. The van der Waals surface area contributed by atoms with Gasteiger partial charge in [-0.15, -0.1) is 0 Å². The van der Waals surface area contributed by atoms with Crippen molar-refractivity contribution in [1.82, 2.24) is 10.6 Å². The number of aliphatic hydroxyl groups excluding tert-OH is 1. The maximum Gasteiger partial charge on any atom is 0.407 e. The highest BCUT2D eigenvalue weighted by Gasteiger charge is 2.38. The quantitative estimate of drug-likeness (QED) is 0.714. The lowest BCUT2D eigenvalue weighted by molar-refractivity contribution is -0.163. The first kappa shape index (κ1) is 18.0. The van der Waals surface area contributed by atoms with Crippen LogP contribution in [0.15, 0.2) is 0 Å². The number of alkyl carbamates (subject to hydrolysis) is 1. The van der Waals surface area contributed by atoms with Crippen molar-refractivity contribution in [3.05, 3.63) is 0 Å². The minimum Gasteiger partial charge on any atom is -0.444 e. The molecule has 8 heteroatoms. The van der Waals surface area contributed by atoms with Crippen LogP contribution in [0, 0.1) is 0 Å². The Morgan fingerprint density at radius 3 is 2.21 bits per heavy atom. The molecule has 0 aromatic rings. The van der Waals surface area contributed by atoms with E-state index in [-0.39, 0.29) is 6.54 Å². The smallest absolute Gasteiger partial charge is 0.407 e. The van der Waals surface area contributed by atoms with Gasteiger partial charge in [0.1, 0.15) is 11.6 Å². The number of carbonyl (C=O) groups excluding carboxylic acids is 1. The third-order valence-electron chi connectivity index (χ3n) is 2.01. The summed E-state index contributed by atoms with van der Waals surface area (Å²) >= 11 is 0. The lowest BCUT2D eigenvalue weighted by atomic mass is 10.2. The Hall–Kier alpha value is -1.02. The average molecular weight is 286 g/mol. The first-order chi connectivity index (χ1) is 8.45. The van der Waals surface area contributed by atoms with Crippen molar-refractivity contribution in [1.29, 1.82) is 0 Å². The van der Waals surface area contributed by atoms with Crippen LogP contribution in [0.25, 0.3) is 0 Å². The molecule has 0 saturated heterocycles. The fourth-order valence-corrected chi connectivity index (χ4v) is 1.16. The van der Waals surface area contributed by atoms with Crippen molar-refractivity contribution < 1.29 is 27.8 Å². The Bertz CT molecular complexity index is 290. The maximum absolute atomic E-state index is 12.3. The van der Waals surface area contributed by atoms with Gasteiger partial charge in [-0.25, -0.2) is 4.79 Å². The molecule has 0 heterocycles. The number of hydrogen-bond acceptors (Lipinski definition) is 4. The second-order valence-corrected chi connectivity index (χ2v) is 5.23. The molecule has 0 fully saturated rings. The van der Waals surface area contributed by atoms with Gasteiger partial charge in [-0.05, 0) is 27.7 Å². The summed E-state index contributed by atoms with van der Waals surface area (Å²) in [6.07, 6.45) is -5.23. The number of amides is 1. The summed E-state index contributed by atoms with van der Waals surface area (Å²) in [5, 5.41) is 13.1. The minimum absolute atomic E-state index is 0.135. The average Bonchev–Trinajstić information content (AvgIpc) is 2.12. The summed E-state index contributed by atoms with van der Waals surface area (Å²) in [4.78, 5) is 11.3. The zero-order chi connectivity index (χ0) is 15.3. The molecule has 0 spiro atoms. The molecule has 0 aliphatic rings.